The minimum atomic E-state index is 1.16. The molecule has 0 aliphatic heterocycles. The predicted molar refractivity (Wildman–Crippen MR) is 252 cm³/mol. The summed E-state index contributed by atoms with van der Waals surface area (Å²) in [6.45, 7) is 4.58. The Morgan fingerprint density at radius 3 is 1.16 bits per heavy atom. The van der Waals surface area contributed by atoms with Crippen molar-refractivity contribution in [1.82, 2.24) is 9.13 Å². The lowest BCUT2D eigenvalue weighted by molar-refractivity contribution is 0.667. The van der Waals surface area contributed by atoms with E-state index in [-0.39, 0.29) is 0 Å². The zero-order valence-corrected chi connectivity index (χ0v) is 35.3. The molecule has 0 radical (unpaired) electrons. The van der Waals surface area contributed by atoms with Crippen LogP contribution >= 0.6 is 45.3 Å². The average Bonchev–Trinajstić information content (AvgIpc) is 4.07. The first-order chi connectivity index (χ1) is 27.7. The van der Waals surface area contributed by atoms with Crippen LogP contribution in [-0.4, -0.2) is 9.13 Å². The zero-order chi connectivity index (χ0) is 37.3. The molecule has 11 rings (SSSR count). The Bertz CT molecular complexity index is 2990. The first-order valence-corrected chi connectivity index (χ1v) is 23.8. The van der Waals surface area contributed by atoms with E-state index < -0.39 is 0 Å². The number of thiophene rings is 4. The van der Waals surface area contributed by atoms with Crippen molar-refractivity contribution in [2.45, 2.75) is 78.1 Å². The Labute approximate surface area is 343 Å². The Kier molecular flexibility index (Phi) is 8.80. The van der Waals surface area contributed by atoms with E-state index >= 15 is 0 Å². The SMILES string of the molecule is CCCCCCc1ccc(-n2c3c4ccccc4sc3c3sc4cc5c(cc4c32)sc2c3sc4ccccc4c3n(-c3ccc(CCCCCC)cc3)c52)cc1. The number of fused-ring (bicyclic) bond motifs is 14. The Balaban J connectivity index is 1.12. The molecular weight excluding hydrogens is 757 g/mol. The van der Waals surface area contributed by atoms with Crippen LogP contribution in [0.15, 0.2) is 109 Å². The number of aryl methyl sites for hydroxylation is 2. The van der Waals surface area contributed by atoms with Crippen LogP contribution in [0.5, 0.6) is 0 Å². The molecule has 6 heteroatoms. The molecule has 0 spiro atoms. The highest BCUT2D eigenvalue weighted by atomic mass is 32.1. The molecule has 0 bridgehead atoms. The van der Waals surface area contributed by atoms with Crippen molar-refractivity contribution >= 4 is 127 Å². The summed E-state index contributed by atoms with van der Waals surface area (Å²) < 4.78 is 16.3. The molecular formula is C50H44N2S4. The summed E-state index contributed by atoms with van der Waals surface area (Å²) in [7, 11) is 0. The van der Waals surface area contributed by atoms with Crippen molar-refractivity contribution in [3.63, 3.8) is 0 Å². The van der Waals surface area contributed by atoms with Gasteiger partial charge in [0.05, 0.1) is 40.9 Å². The van der Waals surface area contributed by atoms with Gasteiger partial charge in [-0.05, 0) is 85.3 Å². The van der Waals surface area contributed by atoms with Gasteiger partial charge in [-0.3, -0.25) is 0 Å². The molecule has 0 unspecified atom stereocenters. The second kappa shape index (κ2) is 14.2. The van der Waals surface area contributed by atoms with Crippen LogP contribution in [0.3, 0.4) is 0 Å². The first-order valence-electron chi connectivity index (χ1n) is 20.5. The number of rotatable bonds is 12. The van der Waals surface area contributed by atoms with Gasteiger partial charge in [-0.15, -0.1) is 45.3 Å². The van der Waals surface area contributed by atoms with Gasteiger partial charge >= 0.3 is 0 Å². The lowest BCUT2D eigenvalue weighted by Gasteiger charge is -2.10. The number of hydrogen-bond acceptors (Lipinski definition) is 4. The molecule has 0 saturated heterocycles. The van der Waals surface area contributed by atoms with Crippen LogP contribution in [0, 0.1) is 0 Å². The summed E-state index contributed by atoms with van der Waals surface area (Å²) in [6.07, 6.45) is 12.7. The maximum atomic E-state index is 2.59. The zero-order valence-electron chi connectivity index (χ0n) is 32.0. The summed E-state index contributed by atoms with van der Waals surface area (Å²) in [5, 5.41) is 5.43. The topological polar surface area (TPSA) is 9.86 Å². The molecule has 0 aliphatic rings. The Morgan fingerprint density at radius 2 is 0.750 bits per heavy atom. The Hall–Kier alpha value is -4.46. The van der Waals surface area contributed by atoms with Crippen molar-refractivity contribution in [2.24, 2.45) is 0 Å². The molecule has 5 aromatic carbocycles. The summed E-state index contributed by atoms with van der Waals surface area (Å²) in [5.41, 5.74) is 10.8. The monoisotopic (exact) mass is 800 g/mol. The standard InChI is InChI=1S/C50H44N2S4/c1-3-5-7-9-15-31-21-25-33(26-22-31)51-43-35-17-11-13-19-39(35)53-47(43)49-45(51)37-29-42-38(30-41(37)55-49)46-50(56-42)48-44(36-18-12-14-20-40(36)54-48)52(46)34-27-23-32(24-28-34)16-10-8-6-4-2/h11-14,17-30H,3-10,15-16H2,1-2H3. The van der Waals surface area contributed by atoms with Crippen LogP contribution in [0.2, 0.25) is 0 Å². The highest BCUT2D eigenvalue weighted by Gasteiger charge is 2.26. The minimum Gasteiger partial charge on any atom is -0.306 e. The molecule has 278 valence electrons. The second-order valence-corrected chi connectivity index (χ2v) is 19.8. The van der Waals surface area contributed by atoms with Crippen LogP contribution < -0.4 is 0 Å². The molecule has 56 heavy (non-hydrogen) atoms. The van der Waals surface area contributed by atoms with E-state index in [9.17, 15) is 0 Å². The fourth-order valence-electron chi connectivity index (χ4n) is 9.10. The molecule has 0 saturated carbocycles. The van der Waals surface area contributed by atoms with Gasteiger partial charge in [0, 0.05) is 51.7 Å². The predicted octanol–water partition coefficient (Wildman–Crippen LogP) is 17.0. The van der Waals surface area contributed by atoms with Gasteiger partial charge in [0.1, 0.15) is 0 Å². The third kappa shape index (κ3) is 5.51. The molecule has 0 atom stereocenters. The number of unbranched alkanes of at least 4 members (excludes halogenated alkanes) is 6. The quantitative estimate of drug-likeness (QED) is 0.109. The van der Waals surface area contributed by atoms with Crippen molar-refractivity contribution in [3.8, 4) is 11.4 Å². The van der Waals surface area contributed by atoms with Crippen LogP contribution in [0.4, 0.5) is 0 Å². The van der Waals surface area contributed by atoms with Crippen LogP contribution in [0.25, 0.3) is 92.6 Å². The molecule has 11 aromatic rings. The molecule has 6 heterocycles. The summed E-state index contributed by atoms with van der Waals surface area (Å²) >= 11 is 7.87. The first kappa shape index (κ1) is 34.8. The normalized spacial score (nSPS) is 12.5. The maximum absolute atomic E-state index is 2.59. The number of aromatic nitrogens is 2. The molecule has 6 aromatic heterocycles. The number of hydrogen-bond donors (Lipinski definition) is 0. The second-order valence-electron chi connectivity index (χ2n) is 15.6. The summed E-state index contributed by atoms with van der Waals surface area (Å²) in [4.78, 5) is 0. The number of benzene rings is 5. The van der Waals surface area contributed by atoms with Gasteiger partial charge in [-0.1, -0.05) is 113 Å². The minimum absolute atomic E-state index is 1.16. The van der Waals surface area contributed by atoms with E-state index in [2.05, 4.69) is 132 Å². The van der Waals surface area contributed by atoms with Crippen molar-refractivity contribution in [2.75, 3.05) is 0 Å². The fraction of sp³-hybridized carbons (Fsp3) is 0.240. The third-order valence-corrected chi connectivity index (χ3v) is 16.9. The van der Waals surface area contributed by atoms with E-state index in [1.165, 1.54) is 155 Å². The van der Waals surface area contributed by atoms with E-state index in [4.69, 9.17) is 0 Å². The van der Waals surface area contributed by atoms with Crippen LogP contribution in [0.1, 0.15) is 76.3 Å². The smallest absolute Gasteiger partial charge is 0.0737 e. The van der Waals surface area contributed by atoms with Gasteiger partial charge in [-0.2, -0.15) is 0 Å². The van der Waals surface area contributed by atoms with Gasteiger partial charge in [-0.25, -0.2) is 0 Å². The van der Waals surface area contributed by atoms with E-state index in [0.717, 1.165) is 12.8 Å². The van der Waals surface area contributed by atoms with E-state index in [0.29, 0.717) is 0 Å². The van der Waals surface area contributed by atoms with Crippen molar-refractivity contribution in [1.29, 1.82) is 0 Å². The lowest BCUT2D eigenvalue weighted by Crippen LogP contribution is -1.95. The maximum Gasteiger partial charge on any atom is 0.0737 e. The fourth-order valence-corrected chi connectivity index (χ4v) is 14.2. The Morgan fingerprint density at radius 1 is 0.375 bits per heavy atom. The van der Waals surface area contributed by atoms with Crippen molar-refractivity contribution in [3.05, 3.63) is 120 Å². The van der Waals surface area contributed by atoms with Gasteiger partial charge < -0.3 is 9.13 Å². The van der Waals surface area contributed by atoms with Gasteiger partial charge in [0.15, 0.2) is 0 Å². The van der Waals surface area contributed by atoms with Crippen LogP contribution in [-0.2, 0) is 12.8 Å². The lowest BCUT2D eigenvalue weighted by atomic mass is 10.1. The highest BCUT2D eigenvalue weighted by Crippen LogP contribution is 2.52. The summed E-state index contributed by atoms with van der Waals surface area (Å²) in [6, 6.07) is 42.0. The van der Waals surface area contributed by atoms with Gasteiger partial charge in [0.2, 0.25) is 0 Å². The van der Waals surface area contributed by atoms with E-state index in [1.807, 2.05) is 45.3 Å². The average molecular weight is 801 g/mol. The number of nitrogens with zero attached hydrogens (tertiary/aromatic N) is 2. The highest BCUT2D eigenvalue weighted by molar-refractivity contribution is 7.35. The van der Waals surface area contributed by atoms with Gasteiger partial charge in [0.25, 0.3) is 0 Å². The van der Waals surface area contributed by atoms with E-state index in [1.54, 1.807) is 0 Å². The largest absolute Gasteiger partial charge is 0.306 e. The molecule has 0 N–H and O–H groups in total. The summed E-state index contributed by atoms with van der Waals surface area (Å²) in [5.74, 6) is 0. The van der Waals surface area contributed by atoms with Crippen molar-refractivity contribution < 1.29 is 0 Å². The molecule has 0 fully saturated rings. The molecule has 0 aliphatic carbocycles. The molecule has 0 amide bonds. The third-order valence-electron chi connectivity index (χ3n) is 11.9. The molecule has 2 nitrogen and oxygen atoms in total.